The third kappa shape index (κ3) is 5.03. The first-order valence-electron chi connectivity index (χ1n) is 23.5. The third-order valence-corrected chi connectivity index (χ3v) is 14.7. The Labute approximate surface area is 400 Å². The van der Waals surface area contributed by atoms with Crippen molar-refractivity contribution in [2.24, 2.45) is 0 Å². The zero-order valence-electron chi connectivity index (χ0n) is 37.5. The van der Waals surface area contributed by atoms with Crippen molar-refractivity contribution < 1.29 is 0 Å². The molecule has 0 amide bonds. The van der Waals surface area contributed by atoms with Gasteiger partial charge in [0.2, 0.25) is 5.69 Å². The zero-order valence-corrected chi connectivity index (χ0v) is 37.5. The summed E-state index contributed by atoms with van der Waals surface area (Å²) in [6.07, 6.45) is 0. The van der Waals surface area contributed by atoms with Crippen LogP contribution in [0, 0.1) is 17.9 Å². The Morgan fingerprint density at radius 2 is 0.757 bits per heavy atom. The monoisotopic (exact) mass is 888 g/mol. The molecule has 15 aromatic rings. The number of rotatable bonds is 4. The summed E-state index contributed by atoms with van der Waals surface area (Å²) in [7, 11) is 0. The first-order chi connectivity index (χ1) is 34.7. The van der Waals surface area contributed by atoms with Gasteiger partial charge >= 0.3 is 0 Å². The molecule has 70 heavy (non-hydrogen) atoms. The highest BCUT2D eigenvalue weighted by atomic mass is 15.1. The molecule has 0 spiro atoms. The summed E-state index contributed by atoms with van der Waals surface area (Å²) >= 11 is 0. The van der Waals surface area contributed by atoms with Crippen LogP contribution in [0.4, 0.5) is 5.69 Å². The highest BCUT2D eigenvalue weighted by Gasteiger charge is 2.27. The van der Waals surface area contributed by atoms with Crippen molar-refractivity contribution in [2.75, 3.05) is 0 Å². The summed E-state index contributed by atoms with van der Waals surface area (Å²) in [5, 5.41) is 25.1. The van der Waals surface area contributed by atoms with Crippen LogP contribution in [-0.2, 0) is 0 Å². The first-order valence-corrected chi connectivity index (χ1v) is 23.5. The molecule has 0 fully saturated rings. The van der Waals surface area contributed by atoms with E-state index < -0.39 is 0 Å². The van der Waals surface area contributed by atoms with Gasteiger partial charge in [-0.3, -0.25) is 0 Å². The van der Waals surface area contributed by atoms with Crippen molar-refractivity contribution in [2.45, 2.75) is 0 Å². The molecule has 15 rings (SSSR count). The van der Waals surface area contributed by atoms with E-state index in [0.29, 0.717) is 22.6 Å². The molecule has 0 aliphatic heterocycles. The molecule has 0 bridgehead atoms. The normalized spacial score (nSPS) is 12.0. The second-order valence-electron chi connectivity index (χ2n) is 18.2. The van der Waals surface area contributed by atoms with E-state index in [2.05, 4.69) is 235 Å². The van der Waals surface area contributed by atoms with Gasteiger partial charge in [-0.1, -0.05) is 158 Å². The van der Waals surface area contributed by atoms with Gasteiger partial charge in [-0.25, -0.2) is 4.85 Å². The van der Waals surface area contributed by atoms with Gasteiger partial charge in [0, 0.05) is 54.5 Å². The second-order valence-corrected chi connectivity index (χ2v) is 18.2. The Balaban J connectivity index is 1.10. The Morgan fingerprint density at radius 3 is 1.24 bits per heavy atom. The highest BCUT2D eigenvalue weighted by molar-refractivity contribution is 6.30. The average Bonchev–Trinajstić information content (AvgIpc) is 4.16. The minimum atomic E-state index is 0.439. The fraction of sp³-hybridized carbons (Fsp3) is 0. The van der Waals surface area contributed by atoms with E-state index in [4.69, 9.17) is 6.57 Å². The van der Waals surface area contributed by atoms with Gasteiger partial charge in [-0.05, 0) is 82.2 Å². The number of para-hydroxylation sites is 4. The van der Waals surface area contributed by atoms with E-state index in [1.165, 1.54) is 32.3 Å². The lowest BCUT2D eigenvalue weighted by atomic mass is 10.0. The van der Waals surface area contributed by atoms with Crippen LogP contribution in [0.3, 0.4) is 0 Å². The van der Waals surface area contributed by atoms with Gasteiger partial charge in [-0.15, -0.1) is 0 Å². The van der Waals surface area contributed by atoms with Crippen molar-refractivity contribution in [3.05, 3.63) is 235 Å². The summed E-state index contributed by atoms with van der Waals surface area (Å²) in [6, 6.07) is 79.7. The van der Waals surface area contributed by atoms with E-state index in [9.17, 15) is 5.26 Å². The van der Waals surface area contributed by atoms with Gasteiger partial charge in [0.15, 0.2) is 0 Å². The molecule has 11 aromatic carbocycles. The number of fused-ring (bicyclic) bond motifs is 18. The number of aromatic nitrogens is 4. The van der Waals surface area contributed by atoms with Crippen molar-refractivity contribution in [3.63, 3.8) is 0 Å². The third-order valence-electron chi connectivity index (χ3n) is 14.7. The standard InChI is InChI=1S/C64H36N6/c1-66-52-37-57(69-53-26-14-12-24-46(53)48-30-32-50-59-44-22-10-8-16-39(44)28-34-55(59)67(63(50)61(48)69)42-18-4-2-5-19-42)41(38-65)36-58(52)70-54-27-15-13-25-47(54)49-31-33-51-60-45-23-11-9-17-40(45)29-35-56(60)68(64(51)62(49)70)43-20-6-3-7-21-43/h2-37H. The van der Waals surface area contributed by atoms with E-state index in [1.54, 1.807) is 0 Å². The Bertz CT molecular complexity index is 4530. The van der Waals surface area contributed by atoms with Crippen LogP contribution in [0.25, 0.3) is 136 Å². The first kappa shape index (κ1) is 38.2. The molecule has 0 aliphatic carbocycles. The minimum Gasteiger partial charge on any atom is -0.317 e. The van der Waals surface area contributed by atoms with Crippen molar-refractivity contribution in [1.29, 1.82) is 5.26 Å². The van der Waals surface area contributed by atoms with Crippen LogP contribution in [-0.4, -0.2) is 18.3 Å². The van der Waals surface area contributed by atoms with E-state index in [1.807, 2.05) is 12.1 Å². The van der Waals surface area contributed by atoms with Crippen molar-refractivity contribution >= 4 is 114 Å². The van der Waals surface area contributed by atoms with Crippen LogP contribution >= 0.6 is 0 Å². The molecule has 0 aliphatic rings. The molecule has 0 atom stereocenters. The Morgan fingerprint density at radius 1 is 0.343 bits per heavy atom. The van der Waals surface area contributed by atoms with Crippen LogP contribution < -0.4 is 0 Å². The van der Waals surface area contributed by atoms with Gasteiger partial charge in [0.25, 0.3) is 0 Å². The maximum Gasteiger partial charge on any atom is 0.212 e. The molecule has 0 radical (unpaired) electrons. The van der Waals surface area contributed by atoms with Crippen molar-refractivity contribution in [3.8, 4) is 28.8 Å². The van der Waals surface area contributed by atoms with Gasteiger partial charge in [0.1, 0.15) is 6.07 Å². The fourth-order valence-electron chi connectivity index (χ4n) is 11.9. The lowest BCUT2D eigenvalue weighted by molar-refractivity contribution is 1.12. The summed E-state index contributed by atoms with van der Waals surface area (Å²) in [5.41, 5.74) is 12.4. The summed E-state index contributed by atoms with van der Waals surface area (Å²) in [5.74, 6) is 0. The smallest absolute Gasteiger partial charge is 0.212 e. The molecular formula is C64H36N6. The quantitative estimate of drug-likeness (QED) is 0.162. The Kier molecular flexibility index (Phi) is 7.82. The summed E-state index contributed by atoms with van der Waals surface area (Å²) < 4.78 is 9.24. The molecule has 0 saturated carbocycles. The molecule has 0 N–H and O–H groups in total. The molecule has 0 unspecified atom stereocenters. The number of hydrogen-bond acceptors (Lipinski definition) is 1. The van der Waals surface area contributed by atoms with E-state index in [0.717, 1.165) is 87.8 Å². The molecule has 0 saturated heterocycles. The largest absolute Gasteiger partial charge is 0.317 e. The number of benzene rings is 11. The van der Waals surface area contributed by atoms with Gasteiger partial charge in [-0.2, -0.15) is 5.26 Å². The lowest BCUT2D eigenvalue weighted by Crippen LogP contribution is -2.03. The predicted octanol–water partition coefficient (Wildman–Crippen LogP) is 16.8. The fourth-order valence-corrected chi connectivity index (χ4v) is 11.9. The van der Waals surface area contributed by atoms with Crippen LogP contribution in [0.1, 0.15) is 5.56 Å². The number of nitrogens with zero attached hydrogens (tertiary/aromatic N) is 6. The number of hydrogen-bond donors (Lipinski definition) is 0. The summed E-state index contributed by atoms with van der Waals surface area (Å²) in [6.45, 7) is 9.03. The second kappa shape index (κ2) is 14.3. The van der Waals surface area contributed by atoms with E-state index >= 15 is 0 Å². The molecule has 4 aromatic heterocycles. The number of nitriles is 1. The predicted molar refractivity (Wildman–Crippen MR) is 290 cm³/mol. The molecule has 6 nitrogen and oxygen atoms in total. The average molecular weight is 889 g/mol. The Hall–Kier alpha value is -9.88. The SMILES string of the molecule is [C-]#[N+]c1cc(-n2c3ccccc3c3ccc4c5c6ccccc6ccc5n(-c5ccccc5)c4c32)c(C#N)cc1-n1c2ccccc2c2ccc3c4c5ccccc5ccc4n(-c4ccccc4)c3c21. The topological polar surface area (TPSA) is 47.9 Å². The van der Waals surface area contributed by atoms with Crippen LogP contribution in [0.2, 0.25) is 0 Å². The maximum absolute atomic E-state index is 11.6. The van der Waals surface area contributed by atoms with E-state index in [-0.39, 0.29) is 0 Å². The molecule has 322 valence electrons. The minimum absolute atomic E-state index is 0.439. The summed E-state index contributed by atoms with van der Waals surface area (Å²) in [4.78, 5) is 4.38. The maximum atomic E-state index is 11.6. The molecule has 4 heterocycles. The van der Waals surface area contributed by atoms with Crippen LogP contribution in [0.15, 0.2) is 218 Å². The zero-order chi connectivity index (χ0) is 46.2. The molecule has 6 heteroatoms. The lowest BCUT2D eigenvalue weighted by Gasteiger charge is -2.17. The van der Waals surface area contributed by atoms with Gasteiger partial charge < -0.3 is 18.3 Å². The van der Waals surface area contributed by atoms with Crippen LogP contribution in [0.5, 0.6) is 0 Å². The van der Waals surface area contributed by atoms with Crippen molar-refractivity contribution in [1.82, 2.24) is 18.3 Å². The highest BCUT2D eigenvalue weighted by Crippen LogP contribution is 2.48. The molecular weight excluding hydrogens is 853 g/mol. The van der Waals surface area contributed by atoms with Gasteiger partial charge in [0.05, 0.1) is 67.6 Å².